The smallest absolute Gasteiger partial charge is 0.234 e. The number of benzene rings is 1. The highest BCUT2D eigenvalue weighted by Crippen LogP contribution is 2.21. The summed E-state index contributed by atoms with van der Waals surface area (Å²) < 4.78 is 0.915. The van der Waals surface area contributed by atoms with E-state index in [0.29, 0.717) is 15.8 Å². The van der Waals surface area contributed by atoms with Gasteiger partial charge >= 0.3 is 0 Å². The minimum Gasteiger partial charge on any atom is -0.331 e. The Labute approximate surface area is 144 Å². The van der Waals surface area contributed by atoms with E-state index >= 15 is 0 Å². The van der Waals surface area contributed by atoms with E-state index in [-0.39, 0.29) is 11.7 Å². The molecule has 0 aliphatic heterocycles. The van der Waals surface area contributed by atoms with E-state index in [0.717, 1.165) is 15.7 Å². The number of nitrogens with one attached hydrogen (secondary N) is 2. The highest BCUT2D eigenvalue weighted by molar-refractivity contribution is 9.10. The molecule has 0 saturated heterocycles. The first-order valence-electron chi connectivity index (χ1n) is 6.29. The summed E-state index contributed by atoms with van der Waals surface area (Å²) in [4.78, 5) is 23.4. The van der Waals surface area contributed by atoms with Crippen molar-refractivity contribution >= 4 is 62.1 Å². The topological polar surface area (TPSA) is 70.7 Å². The Balaban J connectivity index is 1.62. The fourth-order valence-electron chi connectivity index (χ4n) is 1.82. The summed E-state index contributed by atoms with van der Waals surface area (Å²) >= 11 is 10.5. The molecule has 0 fully saturated rings. The van der Waals surface area contributed by atoms with Gasteiger partial charge in [0.2, 0.25) is 5.91 Å². The quantitative estimate of drug-likeness (QED) is 0.650. The monoisotopic (exact) mass is 396 g/mol. The van der Waals surface area contributed by atoms with Gasteiger partial charge in [-0.05, 0) is 24.3 Å². The molecule has 0 unspecified atom stereocenters. The number of hydrogen-bond donors (Lipinski definition) is 2. The van der Waals surface area contributed by atoms with Crippen molar-refractivity contribution in [3.05, 3.63) is 46.0 Å². The molecular weight excluding hydrogens is 388 g/mol. The molecule has 8 heteroatoms. The number of anilines is 1. The van der Waals surface area contributed by atoms with Crippen LogP contribution in [0.25, 0.3) is 11.2 Å². The molecule has 0 aliphatic carbocycles. The minimum absolute atomic E-state index is 0.102. The molecule has 5 nitrogen and oxygen atoms in total. The van der Waals surface area contributed by atoms with E-state index in [1.165, 1.54) is 11.8 Å². The largest absolute Gasteiger partial charge is 0.331 e. The van der Waals surface area contributed by atoms with Gasteiger partial charge in [-0.2, -0.15) is 0 Å². The molecular formula is C14H10BrClN4OS. The number of carbonyl (C=O) groups is 1. The van der Waals surface area contributed by atoms with E-state index in [1.54, 1.807) is 12.3 Å². The Morgan fingerprint density at radius 1 is 1.41 bits per heavy atom. The number of nitrogens with zero attached hydrogens (tertiary/aromatic N) is 2. The highest BCUT2D eigenvalue weighted by Gasteiger charge is 2.08. The molecule has 2 aromatic heterocycles. The molecule has 0 spiro atoms. The Bertz CT molecular complexity index is 839. The lowest BCUT2D eigenvalue weighted by atomic mass is 10.3. The number of amides is 1. The van der Waals surface area contributed by atoms with Gasteiger partial charge in [-0.25, -0.2) is 9.97 Å². The Kier molecular flexibility index (Phi) is 4.66. The van der Waals surface area contributed by atoms with Gasteiger partial charge in [-0.1, -0.05) is 45.4 Å². The maximum atomic E-state index is 11.9. The van der Waals surface area contributed by atoms with Crippen LogP contribution < -0.4 is 5.32 Å². The highest BCUT2D eigenvalue weighted by atomic mass is 79.9. The van der Waals surface area contributed by atoms with Crippen molar-refractivity contribution in [2.75, 3.05) is 11.1 Å². The third-order valence-electron chi connectivity index (χ3n) is 2.73. The number of H-pyrrole nitrogens is 1. The van der Waals surface area contributed by atoms with E-state index < -0.39 is 0 Å². The normalized spacial score (nSPS) is 10.8. The minimum atomic E-state index is -0.102. The van der Waals surface area contributed by atoms with Crippen molar-refractivity contribution in [3.8, 4) is 0 Å². The third-order valence-corrected chi connectivity index (χ3v) is 4.30. The molecule has 2 heterocycles. The number of aromatic amines is 1. The first kappa shape index (κ1) is 15.3. The number of fused-ring (bicyclic) bond motifs is 1. The van der Waals surface area contributed by atoms with Crippen LogP contribution in [0.5, 0.6) is 0 Å². The molecule has 2 N–H and O–H groups in total. The maximum absolute atomic E-state index is 11.9. The van der Waals surface area contributed by atoms with Crippen molar-refractivity contribution in [2.24, 2.45) is 0 Å². The predicted octanol–water partition coefficient (Wildman–Crippen LogP) is 4.10. The molecule has 0 radical (unpaired) electrons. The number of pyridine rings is 1. The number of carbonyl (C=O) groups excluding carboxylic acids is 1. The molecule has 1 aromatic carbocycles. The molecule has 0 atom stereocenters. The van der Waals surface area contributed by atoms with Crippen molar-refractivity contribution in [3.63, 3.8) is 0 Å². The van der Waals surface area contributed by atoms with Crippen molar-refractivity contribution in [1.29, 1.82) is 0 Å². The van der Waals surface area contributed by atoms with Crippen LogP contribution in [0.4, 0.5) is 5.69 Å². The standard InChI is InChI=1S/C14H10BrClN4OS/c15-8-2-1-3-10(4-8)18-12(21)7-22-14-19-11-5-9(16)6-17-13(11)20-14/h1-6H,7H2,(H,18,21)(H,17,19,20). The zero-order valence-corrected chi connectivity index (χ0v) is 14.3. The fraction of sp³-hybridized carbons (Fsp3) is 0.0714. The summed E-state index contributed by atoms with van der Waals surface area (Å²) in [5.74, 6) is 0.148. The average Bonchev–Trinajstić information content (AvgIpc) is 2.87. The number of thioether (sulfide) groups is 1. The summed E-state index contributed by atoms with van der Waals surface area (Å²) in [7, 11) is 0. The maximum Gasteiger partial charge on any atom is 0.234 e. The summed E-state index contributed by atoms with van der Waals surface area (Å²) in [5, 5.41) is 4.00. The Morgan fingerprint density at radius 2 is 2.27 bits per heavy atom. The average molecular weight is 398 g/mol. The van der Waals surface area contributed by atoms with Gasteiger partial charge in [-0.15, -0.1) is 0 Å². The number of aromatic nitrogens is 3. The Morgan fingerprint density at radius 3 is 3.09 bits per heavy atom. The van der Waals surface area contributed by atoms with Crippen LogP contribution in [0.3, 0.4) is 0 Å². The number of rotatable bonds is 4. The van der Waals surface area contributed by atoms with Gasteiger partial charge in [0.25, 0.3) is 0 Å². The van der Waals surface area contributed by atoms with Crippen molar-refractivity contribution in [2.45, 2.75) is 5.16 Å². The molecule has 1 amide bonds. The van der Waals surface area contributed by atoms with Crippen molar-refractivity contribution in [1.82, 2.24) is 15.0 Å². The van der Waals surface area contributed by atoms with E-state index in [1.807, 2.05) is 24.3 Å². The third kappa shape index (κ3) is 3.79. The zero-order valence-electron chi connectivity index (χ0n) is 11.1. The van der Waals surface area contributed by atoms with Crippen molar-refractivity contribution < 1.29 is 4.79 Å². The first-order valence-corrected chi connectivity index (χ1v) is 8.45. The van der Waals surface area contributed by atoms with Gasteiger partial charge in [0.1, 0.15) is 0 Å². The SMILES string of the molecule is O=C(CSc1nc2ncc(Cl)cc2[nH]1)Nc1cccc(Br)c1. The number of halogens is 2. The summed E-state index contributed by atoms with van der Waals surface area (Å²) in [6, 6.07) is 9.19. The molecule has 112 valence electrons. The molecule has 3 aromatic rings. The zero-order chi connectivity index (χ0) is 15.5. The molecule has 0 aliphatic rings. The molecule has 3 rings (SSSR count). The lowest BCUT2D eigenvalue weighted by molar-refractivity contribution is -0.113. The van der Waals surface area contributed by atoms with Gasteiger partial charge in [0.05, 0.1) is 16.3 Å². The Hall–Kier alpha value is -1.57. The fourth-order valence-corrected chi connectivity index (χ4v) is 3.05. The van der Waals surface area contributed by atoms with Crippen LogP contribution in [0.2, 0.25) is 5.02 Å². The number of imidazole rings is 1. The summed E-state index contributed by atoms with van der Waals surface area (Å²) in [5.41, 5.74) is 2.08. The van der Waals surface area contributed by atoms with Gasteiger partial charge < -0.3 is 10.3 Å². The lowest BCUT2D eigenvalue weighted by Crippen LogP contribution is -2.14. The van der Waals surface area contributed by atoms with Crippen LogP contribution >= 0.6 is 39.3 Å². The van der Waals surface area contributed by atoms with E-state index in [4.69, 9.17) is 11.6 Å². The first-order chi connectivity index (χ1) is 10.6. The van der Waals surface area contributed by atoms with Crippen LogP contribution in [0.1, 0.15) is 0 Å². The summed E-state index contributed by atoms with van der Waals surface area (Å²) in [6.07, 6.45) is 1.54. The van der Waals surface area contributed by atoms with Gasteiger partial charge in [-0.3, -0.25) is 4.79 Å². The molecule has 22 heavy (non-hydrogen) atoms. The predicted molar refractivity (Wildman–Crippen MR) is 92.4 cm³/mol. The molecule has 0 saturated carbocycles. The second-order valence-electron chi connectivity index (χ2n) is 4.41. The lowest BCUT2D eigenvalue weighted by Gasteiger charge is -2.04. The van der Waals surface area contributed by atoms with Gasteiger partial charge in [0.15, 0.2) is 10.8 Å². The van der Waals surface area contributed by atoms with Gasteiger partial charge in [0, 0.05) is 16.4 Å². The van der Waals surface area contributed by atoms with Crippen LogP contribution in [0.15, 0.2) is 46.2 Å². The summed E-state index contributed by atoms with van der Waals surface area (Å²) in [6.45, 7) is 0. The van der Waals surface area contributed by atoms with Crippen LogP contribution in [0, 0.1) is 0 Å². The molecule has 0 bridgehead atoms. The van der Waals surface area contributed by atoms with E-state index in [9.17, 15) is 4.79 Å². The second-order valence-corrected chi connectivity index (χ2v) is 6.73. The van der Waals surface area contributed by atoms with Crippen LogP contribution in [-0.2, 0) is 4.79 Å². The van der Waals surface area contributed by atoms with Crippen LogP contribution in [-0.4, -0.2) is 26.6 Å². The number of hydrogen-bond acceptors (Lipinski definition) is 4. The second kappa shape index (κ2) is 6.68. The van der Waals surface area contributed by atoms with E-state index in [2.05, 4.69) is 36.2 Å².